The van der Waals surface area contributed by atoms with Crippen molar-refractivity contribution in [2.45, 2.75) is 0 Å². The topological polar surface area (TPSA) is 53.4 Å². The van der Waals surface area contributed by atoms with Crippen LogP contribution in [0.2, 0.25) is 0 Å². The van der Waals surface area contributed by atoms with Crippen LogP contribution in [-0.2, 0) is 7.05 Å². The lowest BCUT2D eigenvalue weighted by Gasteiger charge is -2.09. The van der Waals surface area contributed by atoms with Gasteiger partial charge >= 0.3 is 0 Å². The lowest BCUT2D eigenvalue weighted by Crippen LogP contribution is -2.08. The summed E-state index contributed by atoms with van der Waals surface area (Å²) in [5.74, 6) is 0.981. The maximum absolute atomic E-state index is 12.4. The Balaban J connectivity index is 2.49. The van der Waals surface area contributed by atoms with Crippen LogP contribution in [0.25, 0.3) is 0 Å². The molecule has 0 aliphatic heterocycles. The molecule has 0 fully saturated rings. The van der Waals surface area contributed by atoms with E-state index in [0.29, 0.717) is 22.8 Å². The molecule has 2 rings (SSSR count). The van der Waals surface area contributed by atoms with Gasteiger partial charge < -0.3 is 14.0 Å². The van der Waals surface area contributed by atoms with E-state index in [9.17, 15) is 4.79 Å². The first-order chi connectivity index (χ1) is 8.67. The fourth-order valence-corrected chi connectivity index (χ4v) is 1.71. The van der Waals surface area contributed by atoms with Crippen molar-refractivity contribution in [2.75, 3.05) is 14.2 Å². The summed E-state index contributed by atoms with van der Waals surface area (Å²) >= 11 is 0. The van der Waals surface area contributed by atoms with Crippen molar-refractivity contribution in [3.05, 3.63) is 42.0 Å². The molecule has 0 saturated heterocycles. The van der Waals surface area contributed by atoms with Crippen LogP contribution in [0.15, 0.2) is 30.7 Å². The number of aryl methyl sites for hydroxylation is 1. The van der Waals surface area contributed by atoms with E-state index in [-0.39, 0.29) is 5.78 Å². The maximum Gasteiger partial charge on any atom is 0.214 e. The Hall–Kier alpha value is -2.30. The Kier molecular flexibility index (Phi) is 3.32. The van der Waals surface area contributed by atoms with Crippen LogP contribution in [0.5, 0.6) is 11.5 Å². The normalized spacial score (nSPS) is 10.2. The zero-order chi connectivity index (χ0) is 13.1. The highest BCUT2D eigenvalue weighted by molar-refractivity contribution is 6.09. The van der Waals surface area contributed by atoms with E-state index in [1.54, 1.807) is 43.3 Å². The van der Waals surface area contributed by atoms with Gasteiger partial charge in [0.15, 0.2) is 0 Å². The van der Waals surface area contributed by atoms with Gasteiger partial charge in [-0.1, -0.05) is 0 Å². The fraction of sp³-hybridized carbons (Fsp3) is 0.231. The highest BCUT2D eigenvalue weighted by atomic mass is 16.5. The number of hydrogen-bond donors (Lipinski definition) is 0. The van der Waals surface area contributed by atoms with Gasteiger partial charge in [-0.3, -0.25) is 4.79 Å². The van der Waals surface area contributed by atoms with Gasteiger partial charge in [0.1, 0.15) is 17.2 Å². The molecule has 1 heterocycles. The molecule has 0 aliphatic carbocycles. The zero-order valence-corrected chi connectivity index (χ0v) is 10.5. The fourth-order valence-electron chi connectivity index (χ4n) is 1.71. The van der Waals surface area contributed by atoms with E-state index in [2.05, 4.69) is 4.98 Å². The van der Waals surface area contributed by atoms with Gasteiger partial charge in [-0.2, -0.15) is 0 Å². The van der Waals surface area contributed by atoms with Crippen LogP contribution in [0, 0.1) is 0 Å². The van der Waals surface area contributed by atoms with Crippen LogP contribution in [0.3, 0.4) is 0 Å². The Morgan fingerprint density at radius 1 is 1.28 bits per heavy atom. The number of carbonyl (C=O) groups excluding carboxylic acids is 1. The molecule has 2 aromatic rings. The van der Waals surface area contributed by atoms with Gasteiger partial charge in [-0.25, -0.2) is 4.98 Å². The molecule has 0 amide bonds. The molecule has 0 atom stereocenters. The van der Waals surface area contributed by atoms with Gasteiger partial charge in [-0.05, 0) is 18.2 Å². The highest BCUT2D eigenvalue weighted by Crippen LogP contribution is 2.26. The summed E-state index contributed by atoms with van der Waals surface area (Å²) in [4.78, 5) is 16.3. The van der Waals surface area contributed by atoms with Crippen LogP contribution < -0.4 is 9.47 Å². The van der Waals surface area contributed by atoms with E-state index < -0.39 is 0 Å². The number of rotatable bonds is 4. The number of hydrogen-bond acceptors (Lipinski definition) is 4. The Labute approximate surface area is 105 Å². The summed E-state index contributed by atoms with van der Waals surface area (Å²) in [7, 11) is 4.86. The van der Waals surface area contributed by atoms with E-state index in [1.807, 2.05) is 0 Å². The second-order valence-electron chi connectivity index (χ2n) is 3.79. The number of imidazole rings is 1. The summed E-state index contributed by atoms with van der Waals surface area (Å²) < 4.78 is 12.0. The van der Waals surface area contributed by atoms with Crippen molar-refractivity contribution in [3.63, 3.8) is 0 Å². The van der Waals surface area contributed by atoms with E-state index in [0.717, 1.165) is 0 Å². The minimum Gasteiger partial charge on any atom is -0.497 e. The maximum atomic E-state index is 12.4. The summed E-state index contributed by atoms with van der Waals surface area (Å²) in [6.07, 6.45) is 3.11. The smallest absolute Gasteiger partial charge is 0.214 e. The second kappa shape index (κ2) is 4.91. The van der Waals surface area contributed by atoms with Crippen LogP contribution >= 0.6 is 0 Å². The molecule has 0 radical (unpaired) electrons. The van der Waals surface area contributed by atoms with Gasteiger partial charge in [0.05, 0.1) is 32.3 Å². The van der Waals surface area contributed by atoms with Crippen LogP contribution in [0.1, 0.15) is 16.1 Å². The number of ether oxygens (including phenoxy) is 2. The number of aromatic nitrogens is 2. The van der Waals surface area contributed by atoms with E-state index >= 15 is 0 Å². The average molecular weight is 246 g/mol. The largest absolute Gasteiger partial charge is 0.497 e. The number of benzene rings is 1. The third-order valence-corrected chi connectivity index (χ3v) is 2.70. The third kappa shape index (κ3) is 2.07. The molecule has 5 nitrogen and oxygen atoms in total. The van der Waals surface area contributed by atoms with E-state index in [1.165, 1.54) is 13.3 Å². The monoisotopic (exact) mass is 246 g/mol. The first-order valence-electron chi connectivity index (χ1n) is 5.40. The van der Waals surface area contributed by atoms with Crippen molar-refractivity contribution in [2.24, 2.45) is 7.05 Å². The quantitative estimate of drug-likeness (QED) is 0.770. The first-order valence-corrected chi connectivity index (χ1v) is 5.40. The predicted octanol–water partition coefficient (Wildman–Crippen LogP) is 1.67. The lowest BCUT2D eigenvalue weighted by atomic mass is 10.1. The molecule has 0 unspecified atom stereocenters. The molecule has 94 valence electrons. The predicted molar refractivity (Wildman–Crippen MR) is 66.2 cm³/mol. The standard InChI is InChI=1S/C13H14N2O3/c1-15-8-14-7-11(15)13(16)10-6-9(17-2)4-5-12(10)18-3/h4-8H,1-3H3. The Morgan fingerprint density at radius 2 is 2.06 bits per heavy atom. The molecular formula is C13H14N2O3. The van der Waals surface area contributed by atoms with Crippen LogP contribution in [-0.4, -0.2) is 29.6 Å². The number of carbonyl (C=O) groups is 1. The second-order valence-corrected chi connectivity index (χ2v) is 3.79. The molecule has 5 heteroatoms. The summed E-state index contributed by atoms with van der Waals surface area (Å²) in [5.41, 5.74) is 0.960. The van der Waals surface area contributed by atoms with Crippen molar-refractivity contribution in [3.8, 4) is 11.5 Å². The first kappa shape index (κ1) is 12.2. The summed E-state index contributed by atoms with van der Waals surface area (Å²) in [5, 5.41) is 0. The molecule has 0 bridgehead atoms. The van der Waals surface area contributed by atoms with Gasteiger partial charge in [0, 0.05) is 7.05 Å². The molecule has 0 N–H and O–H groups in total. The van der Waals surface area contributed by atoms with Crippen molar-refractivity contribution < 1.29 is 14.3 Å². The number of methoxy groups -OCH3 is 2. The number of nitrogens with zero attached hydrogens (tertiary/aromatic N) is 2. The molecule has 0 aliphatic rings. The lowest BCUT2D eigenvalue weighted by molar-refractivity contribution is 0.102. The Morgan fingerprint density at radius 3 is 2.61 bits per heavy atom. The molecule has 18 heavy (non-hydrogen) atoms. The third-order valence-electron chi connectivity index (χ3n) is 2.70. The molecule has 1 aromatic heterocycles. The summed E-state index contributed by atoms with van der Waals surface area (Å²) in [6.45, 7) is 0. The van der Waals surface area contributed by atoms with Gasteiger partial charge in [0.25, 0.3) is 0 Å². The minimum absolute atomic E-state index is 0.147. The van der Waals surface area contributed by atoms with Gasteiger partial charge in [-0.15, -0.1) is 0 Å². The van der Waals surface area contributed by atoms with Crippen molar-refractivity contribution in [1.29, 1.82) is 0 Å². The minimum atomic E-state index is -0.147. The summed E-state index contributed by atoms with van der Waals surface area (Å²) in [6, 6.07) is 5.12. The molecule has 0 spiro atoms. The average Bonchev–Trinajstić information content (AvgIpc) is 2.83. The molecule has 1 aromatic carbocycles. The zero-order valence-electron chi connectivity index (χ0n) is 10.5. The van der Waals surface area contributed by atoms with Crippen molar-refractivity contribution >= 4 is 5.78 Å². The van der Waals surface area contributed by atoms with E-state index in [4.69, 9.17) is 9.47 Å². The highest BCUT2D eigenvalue weighted by Gasteiger charge is 2.18. The molecular weight excluding hydrogens is 232 g/mol. The number of ketones is 1. The van der Waals surface area contributed by atoms with Crippen LogP contribution in [0.4, 0.5) is 0 Å². The Bertz CT molecular complexity index is 575. The van der Waals surface area contributed by atoms with Crippen molar-refractivity contribution in [1.82, 2.24) is 9.55 Å². The van der Waals surface area contributed by atoms with Gasteiger partial charge in [0.2, 0.25) is 5.78 Å². The molecule has 0 saturated carbocycles. The SMILES string of the molecule is COc1ccc(OC)c(C(=O)c2cncn2C)c1.